The summed E-state index contributed by atoms with van der Waals surface area (Å²) < 4.78 is 10.2. The van der Waals surface area contributed by atoms with Gasteiger partial charge in [0.15, 0.2) is 0 Å². The lowest BCUT2D eigenvalue weighted by molar-refractivity contribution is 0.277. The highest BCUT2D eigenvalue weighted by atomic mass is 16.5. The van der Waals surface area contributed by atoms with Crippen LogP contribution in [0.1, 0.15) is 59.1 Å². The van der Waals surface area contributed by atoms with Crippen molar-refractivity contribution in [1.82, 2.24) is 19.6 Å². The van der Waals surface area contributed by atoms with E-state index in [2.05, 4.69) is 38.1 Å². The quantitative estimate of drug-likeness (QED) is 0.321. The van der Waals surface area contributed by atoms with Crippen LogP contribution in [0.5, 0.6) is 0 Å². The molecule has 2 N–H and O–H groups in total. The van der Waals surface area contributed by atoms with Gasteiger partial charge in [-0.2, -0.15) is 15.5 Å². The SMILES string of the molecule is Cc1nn(-c2ccccc2)c(C)c1C=C1CCCC2=C1OC(N)=C(C#N)C2c1c(C)nn(-c2ccccc2)c1C. The van der Waals surface area contributed by atoms with Crippen LogP contribution in [0.3, 0.4) is 0 Å². The molecule has 0 amide bonds. The van der Waals surface area contributed by atoms with Crippen molar-refractivity contribution in [3.05, 3.63) is 123 Å². The predicted octanol–water partition coefficient (Wildman–Crippen LogP) is 6.62. The van der Waals surface area contributed by atoms with Crippen LogP contribution in [0.15, 0.2) is 89.0 Å². The lowest BCUT2D eigenvalue weighted by atomic mass is 9.76. The molecule has 3 heterocycles. The molecule has 1 aliphatic carbocycles. The summed E-state index contributed by atoms with van der Waals surface area (Å²) in [6, 6.07) is 22.6. The molecular formula is C33H32N6O. The van der Waals surface area contributed by atoms with Crippen molar-refractivity contribution >= 4 is 6.08 Å². The minimum Gasteiger partial charge on any atom is -0.440 e. The second-order valence-corrected chi connectivity index (χ2v) is 10.5. The molecule has 7 nitrogen and oxygen atoms in total. The number of nitriles is 1. The first-order chi connectivity index (χ1) is 19.4. The van der Waals surface area contributed by atoms with Crippen LogP contribution in [-0.4, -0.2) is 19.6 Å². The molecule has 2 aliphatic rings. The fourth-order valence-electron chi connectivity index (χ4n) is 6.12. The first-order valence-electron chi connectivity index (χ1n) is 13.6. The number of allylic oxidation sites excluding steroid dienone is 3. The monoisotopic (exact) mass is 528 g/mol. The Morgan fingerprint density at radius 2 is 1.48 bits per heavy atom. The first kappa shape index (κ1) is 25.4. The maximum atomic E-state index is 10.2. The highest BCUT2D eigenvalue weighted by Crippen LogP contribution is 2.48. The molecule has 0 radical (unpaired) electrons. The molecule has 40 heavy (non-hydrogen) atoms. The number of hydrogen-bond donors (Lipinski definition) is 1. The van der Waals surface area contributed by atoms with E-state index < -0.39 is 0 Å². The number of benzene rings is 2. The van der Waals surface area contributed by atoms with E-state index in [1.54, 1.807) is 0 Å². The van der Waals surface area contributed by atoms with Gasteiger partial charge in [0.25, 0.3) is 0 Å². The van der Waals surface area contributed by atoms with Crippen LogP contribution in [-0.2, 0) is 4.74 Å². The summed E-state index contributed by atoms with van der Waals surface area (Å²) in [6.45, 7) is 8.20. The molecule has 7 heteroatoms. The third kappa shape index (κ3) is 4.13. The third-order valence-electron chi connectivity index (χ3n) is 8.01. The van der Waals surface area contributed by atoms with Crippen molar-refractivity contribution in [3.8, 4) is 17.4 Å². The number of hydrogen-bond acceptors (Lipinski definition) is 5. The fourth-order valence-corrected chi connectivity index (χ4v) is 6.12. The summed E-state index contributed by atoms with van der Waals surface area (Å²) in [7, 11) is 0. The number of aryl methyl sites for hydroxylation is 2. The molecule has 0 bridgehead atoms. The molecule has 1 aliphatic heterocycles. The van der Waals surface area contributed by atoms with Crippen LogP contribution < -0.4 is 5.73 Å². The van der Waals surface area contributed by atoms with Crippen LogP contribution in [0.2, 0.25) is 0 Å². The predicted molar refractivity (Wildman–Crippen MR) is 156 cm³/mol. The van der Waals surface area contributed by atoms with Gasteiger partial charge in [0, 0.05) is 22.5 Å². The molecule has 1 unspecified atom stereocenters. The van der Waals surface area contributed by atoms with Gasteiger partial charge >= 0.3 is 0 Å². The van der Waals surface area contributed by atoms with Gasteiger partial charge in [-0.15, -0.1) is 0 Å². The van der Waals surface area contributed by atoms with Crippen molar-refractivity contribution in [2.45, 2.75) is 52.9 Å². The summed E-state index contributed by atoms with van der Waals surface area (Å²) in [5, 5.41) is 19.9. The molecule has 6 rings (SSSR count). The Balaban J connectivity index is 1.49. The van der Waals surface area contributed by atoms with E-state index in [1.807, 2.05) is 71.7 Å². The van der Waals surface area contributed by atoms with E-state index in [0.717, 1.165) is 81.4 Å². The van der Waals surface area contributed by atoms with Crippen molar-refractivity contribution in [1.29, 1.82) is 5.26 Å². The van der Waals surface area contributed by atoms with E-state index >= 15 is 0 Å². The van der Waals surface area contributed by atoms with Crippen molar-refractivity contribution in [2.75, 3.05) is 0 Å². The van der Waals surface area contributed by atoms with Gasteiger partial charge in [0.05, 0.1) is 28.7 Å². The van der Waals surface area contributed by atoms with Crippen LogP contribution in [0.25, 0.3) is 17.5 Å². The van der Waals surface area contributed by atoms with Crippen LogP contribution in [0.4, 0.5) is 0 Å². The summed E-state index contributed by atoms with van der Waals surface area (Å²) in [5.41, 5.74) is 17.1. The van der Waals surface area contributed by atoms with Crippen molar-refractivity contribution in [2.24, 2.45) is 5.73 Å². The Bertz CT molecular complexity index is 1750. The maximum Gasteiger partial charge on any atom is 0.205 e. The number of nitrogens with zero attached hydrogens (tertiary/aromatic N) is 5. The van der Waals surface area contributed by atoms with E-state index in [-0.39, 0.29) is 11.8 Å². The largest absolute Gasteiger partial charge is 0.440 e. The lowest BCUT2D eigenvalue weighted by Crippen LogP contribution is -2.24. The average Bonchev–Trinajstić information content (AvgIpc) is 3.42. The van der Waals surface area contributed by atoms with Gasteiger partial charge in [-0.1, -0.05) is 36.4 Å². The average molecular weight is 529 g/mol. The van der Waals surface area contributed by atoms with E-state index in [1.165, 1.54) is 0 Å². The number of nitrogens with two attached hydrogens (primary N) is 1. The Morgan fingerprint density at radius 1 is 0.875 bits per heavy atom. The standard InChI is InChI=1S/C33H32N6O/c1-20-28(22(3)38(36-20)25-13-7-5-8-14-25)18-24-12-11-17-27-31(29(19-34)33(35)40-32(24)27)30-21(2)37-39(23(30)4)26-15-9-6-10-16-26/h5-10,13-16,18,31H,11-12,17,35H2,1-4H3. The molecule has 1 atom stereocenters. The maximum absolute atomic E-state index is 10.2. The smallest absolute Gasteiger partial charge is 0.205 e. The Morgan fingerprint density at radius 3 is 2.10 bits per heavy atom. The highest BCUT2D eigenvalue weighted by molar-refractivity contribution is 5.65. The van der Waals surface area contributed by atoms with E-state index in [4.69, 9.17) is 20.7 Å². The minimum absolute atomic E-state index is 0.165. The minimum atomic E-state index is -0.302. The molecule has 0 spiro atoms. The van der Waals surface area contributed by atoms with E-state index in [9.17, 15) is 5.26 Å². The van der Waals surface area contributed by atoms with Crippen LogP contribution in [0, 0.1) is 39.0 Å². The Hall–Kier alpha value is -4.83. The van der Waals surface area contributed by atoms with Gasteiger partial charge in [-0.05, 0) is 88.4 Å². The number of para-hydroxylation sites is 2. The molecule has 200 valence electrons. The zero-order valence-corrected chi connectivity index (χ0v) is 23.3. The van der Waals surface area contributed by atoms with Crippen LogP contribution >= 0.6 is 0 Å². The highest BCUT2D eigenvalue weighted by Gasteiger charge is 2.38. The molecule has 0 fully saturated rings. The second kappa shape index (κ2) is 10.0. The Labute approximate surface area is 234 Å². The number of ether oxygens (including phenoxy) is 1. The van der Waals surface area contributed by atoms with Crippen molar-refractivity contribution in [3.63, 3.8) is 0 Å². The number of aromatic nitrogens is 4. The van der Waals surface area contributed by atoms with Crippen molar-refractivity contribution < 1.29 is 4.74 Å². The van der Waals surface area contributed by atoms with Gasteiger partial charge in [0.1, 0.15) is 17.4 Å². The third-order valence-corrected chi connectivity index (χ3v) is 8.01. The summed E-state index contributed by atoms with van der Waals surface area (Å²) in [6.07, 6.45) is 4.84. The summed E-state index contributed by atoms with van der Waals surface area (Å²) in [4.78, 5) is 0. The first-order valence-corrected chi connectivity index (χ1v) is 13.6. The summed E-state index contributed by atoms with van der Waals surface area (Å²) in [5.74, 6) is 0.646. The Kier molecular flexibility index (Phi) is 6.39. The summed E-state index contributed by atoms with van der Waals surface area (Å²) >= 11 is 0. The molecule has 2 aromatic heterocycles. The number of rotatable bonds is 4. The van der Waals surface area contributed by atoms with Gasteiger partial charge in [0.2, 0.25) is 5.88 Å². The molecular weight excluding hydrogens is 496 g/mol. The molecule has 0 saturated carbocycles. The van der Waals surface area contributed by atoms with Gasteiger partial charge in [-0.3, -0.25) is 0 Å². The molecule has 2 aromatic carbocycles. The zero-order valence-electron chi connectivity index (χ0n) is 23.3. The molecule has 4 aromatic rings. The zero-order chi connectivity index (χ0) is 28.0. The van der Waals surface area contributed by atoms with Gasteiger partial charge < -0.3 is 10.5 Å². The van der Waals surface area contributed by atoms with Gasteiger partial charge in [-0.25, -0.2) is 9.36 Å². The fraction of sp³-hybridized carbons (Fsp3) is 0.242. The van der Waals surface area contributed by atoms with E-state index in [0.29, 0.717) is 5.57 Å². The molecule has 0 saturated heterocycles. The second-order valence-electron chi connectivity index (χ2n) is 10.5. The normalized spacial score (nSPS) is 18.1. The lowest BCUT2D eigenvalue weighted by Gasteiger charge is -2.33. The topological polar surface area (TPSA) is 94.7 Å².